The fraction of sp³-hybridized carbons (Fsp3) is 0.278. The first kappa shape index (κ1) is 15.6. The Bertz CT molecular complexity index is 1030. The summed E-state index contributed by atoms with van der Waals surface area (Å²) in [6.07, 6.45) is 0. The van der Waals surface area contributed by atoms with Crippen molar-refractivity contribution in [1.82, 2.24) is 9.47 Å². The number of nitro groups is 1. The first-order valence-electron chi connectivity index (χ1n) is 8.08. The maximum Gasteiger partial charge on any atom is 0.296 e. The molecule has 2 aromatic carbocycles. The number of anilines is 1. The number of likely N-dealkylation sites (N-methyl/N-ethyl adjacent to an activating group) is 1. The largest absolute Gasteiger partial charge is 0.497 e. The molecular formula is C18H19N4O3+. The van der Waals surface area contributed by atoms with Crippen molar-refractivity contribution in [3.63, 3.8) is 0 Å². The van der Waals surface area contributed by atoms with E-state index in [9.17, 15) is 10.1 Å². The summed E-state index contributed by atoms with van der Waals surface area (Å²) in [5.41, 5.74) is 3.08. The molecule has 0 radical (unpaired) electrons. The summed E-state index contributed by atoms with van der Waals surface area (Å²) in [6.45, 7) is 1.63. The van der Waals surface area contributed by atoms with Crippen molar-refractivity contribution in [3.8, 4) is 5.75 Å². The number of rotatable bonds is 2. The molecule has 0 fully saturated rings. The van der Waals surface area contributed by atoms with Crippen molar-refractivity contribution < 1.29 is 9.66 Å². The molecule has 0 spiro atoms. The van der Waals surface area contributed by atoms with Crippen molar-refractivity contribution in [1.29, 1.82) is 0 Å². The number of fused-ring (bicyclic) bond motifs is 2. The molecule has 1 aliphatic heterocycles. The summed E-state index contributed by atoms with van der Waals surface area (Å²) in [7, 11) is 5.83. The number of quaternary nitrogens is 1. The zero-order chi connectivity index (χ0) is 17.8. The molecule has 2 heterocycles. The Morgan fingerprint density at radius 1 is 1.28 bits per heavy atom. The van der Waals surface area contributed by atoms with Crippen LogP contribution in [0.15, 0.2) is 30.3 Å². The molecule has 128 valence electrons. The summed E-state index contributed by atoms with van der Waals surface area (Å²) >= 11 is 0. The van der Waals surface area contributed by atoms with Crippen molar-refractivity contribution in [2.75, 3.05) is 39.6 Å². The summed E-state index contributed by atoms with van der Waals surface area (Å²) < 4.78 is 5.98. The van der Waals surface area contributed by atoms with Crippen LogP contribution in [0.5, 0.6) is 5.75 Å². The Morgan fingerprint density at radius 3 is 2.80 bits per heavy atom. The lowest BCUT2D eigenvalue weighted by Gasteiger charge is -2.28. The van der Waals surface area contributed by atoms with Crippen LogP contribution in [0.2, 0.25) is 0 Å². The predicted molar refractivity (Wildman–Crippen MR) is 99.5 cm³/mol. The number of nitro benzene ring substituents is 1. The van der Waals surface area contributed by atoms with Gasteiger partial charge in [-0.25, -0.2) is 4.98 Å². The topological polar surface area (TPSA) is 77.3 Å². The van der Waals surface area contributed by atoms with Gasteiger partial charge in [0, 0.05) is 17.5 Å². The Kier molecular flexibility index (Phi) is 3.30. The van der Waals surface area contributed by atoms with Gasteiger partial charge in [0.15, 0.2) is 5.52 Å². The molecule has 25 heavy (non-hydrogen) atoms. The fourth-order valence-corrected chi connectivity index (χ4v) is 3.54. The average Bonchev–Trinajstić information content (AvgIpc) is 2.72. The predicted octanol–water partition coefficient (Wildman–Crippen LogP) is 3.30. The molecule has 4 rings (SSSR count). The maximum atomic E-state index is 11.5. The van der Waals surface area contributed by atoms with Crippen LogP contribution in [-0.2, 0) is 0 Å². The molecule has 0 atom stereocenters. The smallest absolute Gasteiger partial charge is 0.296 e. The maximum absolute atomic E-state index is 11.5. The highest BCUT2D eigenvalue weighted by Crippen LogP contribution is 2.43. The van der Waals surface area contributed by atoms with E-state index >= 15 is 0 Å². The Morgan fingerprint density at radius 2 is 2.08 bits per heavy atom. The number of ether oxygens (including phenoxy) is 1. The van der Waals surface area contributed by atoms with E-state index in [4.69, 9.17) is 4.74 Å². The Hall–Kier alpha value is -2.93. The van der Waals surface area contributed by atoms with Gasteiger partial charge in [0.25, 0.3) is 5.69 Å². The second-order valence-corrected chi connectivity index (χ2v) is 6.79. The lowest BCUT2D eigenvalue weighted by Crippen LogP contribution is -2.43. The minimum atomic E-state index is -0.365. The van der Waals surface area contributed by atoms with Crippen LogP contribution in [0.25, 0.3) is 21.8 Å². The first-order chi connectivity index (χ1) is 11.9. The second-order valence-electron chi connectivity index (χ2n) is 6.79. The number of non-ortho nitro benzene ring substituents is 1. The van der Waals surface area contributed by atoms with Gasteiger partial charge in [0.1, 0.15) is 18.0 Å². The number of hydrogen-bond donors (Lipinski definition) is 1. The van der Waals surface area contributed by atoms with Gasteiger partial charge in [-0.2, -0.15) is 0 Å². The van der Waals surface area contributed by atoms with Gasteiger partial charge in [-0.3, -0.25) is 14.6 Å². The van der Waals surface area contributed by atoms with Crippen molar-refractivity contribution >= 4 is 38.9 Å². The van der Waals surface area contributed by atoms with Gasteiger partial charge in [0.2, 0.25) is 0 Å². The number of benzene rings is 2. The average molecular weight is 339 g/mol. The van der Waals surface area contributed by atoms with Crippen LogP contribution in [0.1, 0.15) is 0 Å². The standard InChI is InChI=1S/C18H19N4O3/c1-22(2)9-8-19-17-12-10-11(25-3)4-5-13(12)20-18-14(21(23)24)6-7-15(22)16(17)18/h4-7,10,19H,8-9H2,1-3H3/q+1. The van der Waals surface area contributed by atoms with E-state index in [-0.39, 0.29) is 10.6 Å². The summed E-state index contributed by atoms with van der Waals surface area (Å²) in [6, 6.07) is 9.01. The molecule has 0 unspecified atom stereocenters. The molecule has 0 amide bonds. The minimum absolute atomic E-state index is 0.0291. The van der Waals surface area contributed by atoms with Crippen LogP contribution in [-0.4, -0.2) is 44.2 Å². The molecule has 0 saturated carbocycles. The first-order valence-corrected chi connectivity index (χ1v) is 8.08. The van der Waals surface area contributed by atoms with E-state index < -0.39 is 0 Å². The third kappa shape index (κ3) is 2.27. The lowest BCUT2D eigenvalue weighted by atomic mass is 10.0. The number of methoxy groups -OCH3 is 1. The van der Waals surface area contributed by atoms with Crippen LogP contribution >= 0.6 is 0 Å². The van der Waals surface area contributed by atoms with E-state index in [2.05, 4.69) is 24.4 Å². The number of aromatic nitrogens is 1. The van der Waals surface area contributed by atoms with Gasteiger partial charge in [-0.1, -0.05) is 0 Å². The highest BCUT2D eigenvalue weighted by Gasteiger charge is 2.31. The molecule has 0 saturated heterocycles. The van der Waals surface area contributed by atoms with Gasteiger partial charge in [0.05, 0.1) is 49.3 Å². The van der Waals surface area contributed by atoms with E-state index in [1.54, 1.807) is 13.2 Å². The van der Waals surface area contributed by atoms with Gasteiger partial charge in [-0.05, 0) is 18.2 Å². The number of nitrogens with one attached hydrogen (secondary N) is 1. The number of hydrogen-bond acceptors (Lipinski definition) is 5. The molecule has 7 nitrogen and oxygen atoms in total. The molecular weight excluding hydrogens is 320 g/mol. The summed E-state index contributed by atoms with van der Waals surface area (Å²) in [4.78, 5) is 15.8. The monoisotopic (exact) mass is 339 g/mol. The Labute approximate surface area is 144 Å². The molecule has 1 aromatic heterocycles. The minimum Gasteiger partial charge on any atom is -0.497 e. The van der Waals surface area contributed by atoms with E-state index in [1.165, 1.54) is 0 Å². The molecule has 0 aliphatic carbocycles. The zero-order valence-corrected chi connectivity index (χ0v) is 14.4. The van der Waals surface area contributed by atoms with Crippen molar-refractivity contribution in [2.45, 2.75) is 0 Å². The molecule has 1 N–H and O–H groups in total. The quantitative estimate of drug-likeness (QED) is 0.335. The summed E-state index contributed by atoms with van der Waals surface area (Å²) in [5.74, 6) is 0.733. The molecule has 1 aliphatic rings. The molecule has 0 bridgehead atoms. The summed E-state index contributed by atoms with van der Waals surface area (Å²) in [5, 5.41) is 16.7. The molecule has 7 heteroatoms. The second kappa shape index (κ2) is 5.29. The van der Waals surface area contributed by atoms with E-state index in [0.29, 0.717) is 15.5 Å². The normalized spacial score (nSPS) is 15.6. The third-order valence-electron chi connectivity index (χ3n) is 4.91. The number of pyridine rings is 1. The highest BCUT2D eigenvalue weighted by atomic mass is 16.6. The highest BCUT2D eigenvalue weighted by molar-refractivity contribution is 6.15. The SMILES string of the molecule is COc1ccc2nc3c([N+](=O)[O-])ccc4c3c(c2c1)NCC[N+]4(C)C. The van der Waals surface area contributed by atoms with Crippen LogP contribution < -0.4 is 14.5 Å². The third-order valence-corrected chi connectivity index (χ3v) is 4.91. The molecule has 3 aromatic rings. The zero-order valence-electron chi connectivity index (χ0n) is 14.4. The van der Waals surface area contributed by atoms with Crippen LogP contribution in [0.4, 0.5) is 17.1 Å². The van der Waals surface area contributed by atoms with Gasteiger partial charge in [-0.15, -0.1) is 0 Å². The van der Waals surface area contributed by atoms with Crippen molar-refractivity contribution in [2.24, 2.45) is 0 Å². The number of nitrogens with zero attached hydrogens (tertiary/aromatic N) is 3. The fourth-order valence-electron chi connectivity index (χ4n) is 3.54. The Balaban J connectivity index is 2.23. The van der Waals surface area contributed by atoms with Gasteiger partial charge < -0.3 is 10.1 Å². The van der Waals surface area contributed by atoms with Crippen LogP contribution in [0.3, 0.4) is 0 Å². The van der Waals surface area contributed by atoms with E-state index in [0.717, 1.165) is 41.0 Å². The van der Waals surface area contributed by atoms with E-state index in [1.807, 2.05) is 24.3 Å². The van der Waals surface area contributed by atoms with Crippen LogP contribution in [0, 0.1) is 10.1 Å². The lowest BCUT2D eigenvalue weighted by molar-refractivity contribution is -0.383. The van der Waals surface area contributed by atoms with Crippen molar-refractivity contribution in [3.05, 3.63) is 40.4 Å². The van der Waals surface area contributed by atoms with Gasteiger partial charge >= 0.3 is 0 Å².